The number of H-pyrrole nitrogens is 1. The molecule has 1 aromatic heterocycles. The molecule has 2 rings (SSSR count). The second kappa shape index (κ2) is 9.69. The number of aliphatic carboxylic acids is 1. The maximum atomic E-state index is 12.6. The molecule has 0 aliphatic carbocycles. The quantitative estimate of drug-likeness (QED) is 0.322. The summed E-state index contributed by atoms with van der Waals surface area (Å²) in [4.78, 5) is 50.5. The Morgan fingerprint density at radius 1 is 1.10 bits per heavy atom. The van der Waals surface area contributed by atoms with Crippen LogP contribution in [0.25, 0.3) is 10.9 Å². The Bertz CT molecular complexity index is 907. The Hall–Kier alpha value is -3.40. The maximum absolute atomic E-state index is 12.6. The van der Waals surface area contributed by atoms with Crippen LogP contribution in [-0.4, -0.2) is 58.5 Å². The Morgan fingerprint density at radius 2 is 1.79 bits per heavy atom. The molecule has 1 heterocycles. The normalized spacial score (nSPS) is 13.9. The van der Waals surface area contributed by atoms with Gasteiger partial charge in [0.1, 0.15) is 12.1 Å². The van der Waals surface area contributed by atoms with Gasteiger partial charge < -0.3 is 31.8 Å². The molecule has 156 valence electrons. The Morgan fingerprint density at radius 3 is 2.45 bits per heavy atom. The summed E-state index contributed by atoms with van der Waals surface area (Å²) in [5.74, 6) is -2.93. The topological polar surface area (TPSA) is 166 Å². The first kappa shape index (κ1) is 21.9. The van der Waals surface area contributed by atoms with E-state index in [1.54, 1.807) is 6.20 Å². The van der Waals surface area contributed by atoms with Crippen molar-refractivity contribution in [2.45, 2.75) is 38.4 Å². The zero-order valence-electron chi connectivity index (χ0n) is 16.2. The van der Waals surface area contributed by atoms with E-state index in [1.807, 2.05) is 24.3 Å². The molecule has 0 spiro atoms. The summed E-state index contributed by atoms with van der Waals surface area (Å²) in [5, 5.41) is 17.2. The van der Waals surface area contributed by atoms with Crippen LogP contribution in [0.5, 0.6) is 0 Å². The van der Waals surface area contributed by atoms with Gasteiger partial charge in [-0.3, -0.25) is 19.2 Å². The molecule has 7 N–H and O–H groups in total. The van der Waals surface area contributed by atoms with E-state index in [0.717, 1.165) is 16.5 Å². The standard InChI is InChI=1S/C19H25N5O5/c1-10(20)17(26)22-9-16(25)24-15(18(27)23-11(2)19(28)29)7-12-8-21-14-6-4-3-5-13(12)14/h3-6,8,10-11,15,21H,7,9,20H2,1-2H3,(H,22,26)(H,23,27)(H,24,25)(H,28,29). The summed E-state index contributed by atoms with van der Waals surface area (Å²) in [7, 11) is 0. The molecule has 29 heavy (non-hydrogen) atoms. The van der Waals surface area contributed by atoms with Gasteiger partial charge in [0, 0.05) is 23.5 Å². The first-order valence-corrected chi connectivity index (χ1v) is 9.10. The van der Waals surface area contributed by atoms with Crippen LogP contribution in [0.3, 0.4) is 0 Å². The van der Waals surface area contributed by atoms with E-state index in [4.69, 9.17) is 10.8 Å². The van der Waals surface area contributed by atoms with Crippen molar-refractivity contribution in [1.29, 1.82) is 0 Å². The van der Waals surface area contributed by atoms with Crippen LogP contribution in [0.2, 0.25) is 0 Å². The molecule has 0 fully saturated rings. The smallest absolute Gasteiger partial charge is 0.325 e. The summed E-state index contributed by atoms with van der Waals surface area (Å²) in [6, 6.07) is 4.54. The van der Waals surface area contributed by atoms with Crippen molar-refractivity contribution in [3.05, 3.63) is 36.0 Å². The number of hydrogen-bond acceptors (Lipinski definition) is 5. The predicted molar refractivity (Wildman–Crippen MR) is 106 cm³/mol. The lowest BCUT2D eigenvalue weighted by molar-refractivity contribution is -0.141. The fourth-order valence-corrected chi connectivity index (χ4v) is 2.68. The molecule has 3 atom stereocenters. The molecule has 0 saturated heterocycles. The second-order valence-corrected chi connectivity index (χ2v) is 6.76. The van der Waals surface area contributed by atoms with Crippen LogP contribution in [0.4, 0.5) is 0 Å². The summed E-state index contributed by atoms with van der Waals surface area (Å²) < 4.78 is 0. The number of carboxylic acids is 1. The van der Waals surface area contributed by atoms with Gasteiger partial charge in [-0.1, -0.05) is 18.2 Å². The lowest BCUT2D eigenvalue weighted by Crippen LogP contribution is -2.53. The van der Waals surface area contributed by atoms with Crippen LogP contribution >= 0.6 is 0 Å². The fourth-order valence-electron chi connectivity index (χ4n) is 2.68. The molecule has 10 nitrogen and oxygen atoms in total. The van der Waals surface area contributed by atoms with E-state index in [2.05, 4.69) is 20.9 Å². The minimum atomic E-state index is -1.19. The fraction of sp³-hybridized carbons (Fsp3) is 0.368. The van der Waals surface area contributed by atoms with E-state index in [1.165, 1.54) is 13.8 Å². The first-order valence-electron chi connectivity index (χ1n) is 9.10. The second-order valence-electron chi connectivity index (χ2n) is 6.76. The molecule has 0 aliphatic heterocycles. The van der Waals surface area contributed by atoms with E-state index >= 15 is 0 Å². The highest BCUT2D eigenvalue weighted by Gasteiger charge is 2.25. The Balaban J connectivity index is 2.14. The molecule has 0 bridgehead atoms. The van der Waals surface area contributed by atoms with E-state index in [-0.39, 0.29) is 13.0 Å². The van der Waals surface area contributed by atoms with Gasteiger partial charge in [-0.05, 0) is 25.5 Å². The molecule has 0 radical (unpaired) electrons. The number of aromatic nitrogens is 1. The third-order valence-corrected chi connectivity index (χ3v) is 4.32. The molecule has 1 aromatic carbocycles. The van der Waals surface area contributed by atoms with Gasteiger partial charge >= 0.3 is 5.97 Å². The van der Waals surface area contributed by atoms with Crippen molar-refractivity contribution in [3.8, 4) is 0 Å². The monoisotopic (exact) mass is 403 g/mol. The number of fused-ring (bicyclic) bond motifs is 1. The van der Waals surface area contributed by atoms with Crippen molar-refractivity contribution < 1.29 is 24.3 Å². The number of amides is 3. The number of carbonyl (C=O) groups is 4. The van der Waals surface area contributed by atoms with Crippen LogP contribution < -0.4 is 21.7 Å². The summed E-state index contributed by atoms with van der Waals surface area (Å²) in [5.41, 5.74) is 7.08. The molecule has 10 heteroatoms. The lowest BCUT2D eigenvalue weighted by Gasteiger charge is -2.20. The SMILES string of the molecule is CC(N)C(=O)NCC(=O)NC(Cc1c[nH]c2ccccc12)C(=O)NC(C)C(=O)O. The zero-order valence-corrected chi connectivity index (χ0v) is 16.2. The number of carboxylic acid groups (broad SMARTS) is 1. The number of nitrogens with one attached hydrogen (secondary N) is 4. The highest BCUT2D eigenvalue weighted by atomic mass is 16.4. The van der Waals surface area contributed by atoms with Crippen molar-refractivity contribution >= 4 is 34.6 Å². The van der Waals surface area contributed by atoms with Gasteiger partial charge in [0.25, 0.3) is 0 Å². The van der Waals surface area contributed by atoms with Gasteiger partial charge in [0.15, 0.2) is 0 Å². The predicted octanol–water partition coefficient (Wildman–Crippen LogP) is -0.752. The van der Waals surface area contributed by atoms with Crippen LogP contribution in [0.15, 0.2) is 30.5 Å². The van der Waals surface area contributed by atoms with Gasteiger partial charge in [0.2, 0.25) is 17.7 Å². The highest BCUT2D eigenvalue weighted by Crippen LogP contribution is 2.19. The number of carbonyl (C=O) groups excluding carboxylic acids is 3. The molecule has 0 aliphatic rings. The number of benzene rings is 1. The van der Waals surface area contributed by atoms with Gasteiger partial charge in [0.05, 0.1) is 12.6 Å². The van der Waals surface area contributed by atoms with Crippen LogP contribution in [-0.2, 0) is 25.6 Å². The maximum Gasteiger partial charge on any atom is 0.325 e. The first-order chi connectivity index (χ1) is 13.7. The largest absolute Gasteiger partial charge is 0.480 e. The summed E-state index contributed by atoms with van der Waals surface area (Å²) in [6.07, 6.45) is 1.87. The van der Waals surface area contributed by atoms with Crippen molar-refractivity contribution in [2.75, 3.05) is 6.54 Å². The molecule has 0 saturated carbocycles. The van der Waals surface area contributed by atoms with Gasteiger partial charge in [-0.15, -0.1) is 0 Å². The molecule has 3 amide bonds. The minimum Gasteiger partial charge on any atom is -0.480 e. The van der Waals surface area contributed by atoms with Gasteiger partial charge in [-0.25, -0.2) is 0 Å². The summed E-state index contributed by atoms with van der Waals surface area (Å²) >= 11 is 0. The number of rotatable bonds is 9. The van der Waals surface area contributed by atoms with E-state index in [9.17, 15) is 19.2 Å². The Labute approximate surface area is 167 Å². The van der Waals surface area contributed by atoms with E-state index < -0.39 is 41.8 Å². The average Bonchev–Trinajstić information content (AvgIpc) is 3.08. The van der Waals surface area contributed by atoms with Crippen LogP contribution in [0, 0.1) is 0 Å². The summed E-state index contributed by atoms with van der Waals surface area (Å²) in [6.45, 7) is 2.45. The number of nitrogens with two attached hydrogens (primary N) is 1. The average molecular weight is 403 g/mol. The zero-order chi connectivity index (χ0) is 21.6. The third kappa shape index (κ3) is 6.04. The number of para-hydroxylation sites is 1. The molecule has 2 aromatic rings. The van der Waals surface area contributed by atoms with Crippen LogP contribution in [0.1, 0.15) is 19.4 Å². The molecular formula is C19H25N5O5. The highest BCUT2D eigenvalue weighted by molar-refractivity contribution is 5.93. The van der Waals surface area contributed by atoms with Crippen molar-refractivity contribution in [3.63, 3.8) is 0 Å². The minimum absolute atomic E-state index is 0.134. The van der Waals surface area contributed by atoms with E-state index in [0.29, 0.717) is 0 Å². The van der Waals surface area contributed by atoms with Gasteiger partial charge in [-0.2, -0.15) is 0 Å². The molecular weight excluding hydrogens is 378 g/mol. The molecule has 3 unspecified atom stereocenters. The lowest BCUT2D eigenvalue weighted by atomic mass is 10.0. The number of aromatic amines is 1. The number of hydrogen-bond donors (Lipinski definition) is 6. The van der Waals surface area contributed by atoms with Crippen molar-refractivity contribution in [2.24, 2.45) is 5.73 Å². The Kier molecular flexibility index (Phi) is 7.32. The third-order valence-electron chi connectivity index (χ3n) is 4.32. The van der Waals surface area contributed by atoms with Crippen molar-refractivity contribution in [1.82, 2.24) is 20.9 Å².